The minimum absolute atomic E-state index is 0.0568. The molecule has 128 valence electrons. The number of hydrogen-bond acceptors (Lipinski definition) is 5. The van der Waals surface area contributed by atoms with Gasteiger partial charge in [-0.1, -0.05) is 18.2 Å². The molecule has 1 heterocycles. The van der Waals surface area contributed by atoms with Crippen LogP contribution in [-0.4, -0.2) is 36.1 Å². The summed E-state index contributed by atoms with van der Waals surface area (Å²) >= 11 is 1.53. The van der Waals surface area contributed by atoms with Gasteiger partial charge in [0.1, 0.15) is 24.0 Å². The minimum atomic E-state index is -0.0806. The second-order valence-electron chi connectivity index (χ2n) is 5.33. The Morgan fingerprint density at radius 3 is 3.00 bits per heavy atom. The van der Waals surface area contributed by atoms with E-state index in [0.717, 1.165) is 22.0 Å². The summed E-state index contributed by atoms with van der Waals surface area (Å²) in [5.74, 6) is 0.748. The van der Waals surface area contributed by atoms with Crippen LogP contribution in [0.3, 0.4) is 0 Å². The van der Waals surface area contributed by atoms with Crippen molar-refractivity contribution < 1.29 is 14.3 Å². The molecular formula is C18H22N2O3S. The number of hydrogen-bond donors (Lipinski definition) is 0. The first kappa shape index (κ1) is 18.2. The number of thiazole rings is 1. The highest BCUT2D eigenvalue weighted by Crippen LogP contribution is 2.17. The first-order chi connectivity index (χ1) is 11.6. The molecule has 2 aromatic rings. The Bertz CT molecular complexity index is 684. The molecule has 5 nitrogen and oxygen atoms in total. The Balaban J connectivity index is 1.93. The third-order valence-electron chi connectivity index (χ3n) is 3.27. The van der Waals surface area contributed by atoms with Crippen molar-refractivity contribution in [2.45, 2.75) is 20.1 Å². The van der Waals surface area contributed by atoms with E-state index in [-0.39, 0.29) is 12.5 Å². The molecule has 1 aromatic carbocycles. The lowest BCUT2D eigenvalue weighted by Gasteiger charge is -2.19. The smallest absolute Gasteiger partial charge is 0.249 e. The summed E-state index contributed by atoms with van der Waals surface area (Å²) in [7, 11) is 1.51. The summed E-state index contributed by atoms with van der Waals surface area (Å²) < 4.78 is 10.7. The van der Waals surface area contributed by atoms with E-state index in [1.807, 2.05) is 36.6 Å². The molecule has 0 aliphatic carbocycles. The van der Waals surface area contributed by atoms with E-state index in [1.165, 1.54) is 18.4 Å². The summed E-state index contributed by atoms with van der Waals surface area (Å²) in [6.45, 7) is 7.10. The molecule has 0 saturated heterocycles. The van der Waals surface area contributed by atoms with Gasteiger partial charge in [-0.3, -0.25) is 4.79 Å². The molecule has 0 radical (unpaired) electrons. The van der Waals surface area contributed by atoms with Crippen molar-refractivity contribution >= 4 is 17.2 Å². The van der Waals surface area contributed by atoms with Gasteiger partial charge in [-0.25, -0.2) is 4.98 Å². The Hall–Kier alpha value is -2.18. The fraction of sp³-hybridized carbons (Fsp3) is 0.333. The van der Waals surface area contributed by atoms with Gasteiger partial charge >= 0.3 is 0 Å². The number of aryl methyl sites for hydroxylation is 1. The zero-order valence-corrected chi connectivity index (χ0v) is 14.8. The molecule has 0 N–H and O–H groups in total. The molecule has 1 aromatic heterocycles. The quantitative estimate of drug-likeness (QED) is 0.654. The van der Waals surface area contributed by atoms with Gasteiger partial charge in [-0.05, 0) is 24.6 Å². The summed E-state index contributed by atoms with van der Waals surface area (Å²) in [5.41, 5.74) is 2.00. The van der Waals surface area contributed by atoms with Crippen LogP contribution in [0.1, 0.15) is 16.3 Å². The number of carbonyl (C=O) groups is 1. The van der Waals surface area contributed by atoms with E-state index in [0.29, 0.717) is 19.7 Å². The molecule has 0 saturated carbocycles. The lowest BCUT2D eigenvalue weighted by molar-refractivity contribution is -0.135. The molecule has 1 amide bonds. The molecule has 24 heavy (non-hydrogen) atoms. The molecule has 0 fully saturated rings. The second kappa shape index (κ2) is 9.20. The van der Waals surface area contributed by atoms with Crippen molar-refractivity contribution in [3.05, 3.63) is 58.6 Å². The van der Waals surface area contributed by atoms with Crippen LogP contribution in [-0.2, 0) is 22.7 Å². The normalized spacial score (nSPS) is 10.4. The Morgan fingerprint density at radius 2 is 2.29 bits per heavy atom. The van der Waals surface area contributed by atoms with Crippen molar-refractivity contribution in [1.82, 2.24) is 9.88 Å². The fourth-order valence-corrected chi connectivity index (χ4v) is 2.85. The van der Waals surface area contributed by atoms with Gasteiger partial charge in [0.2, 0.25) is 5.91 Å². The van der Waals surface area contributed by atoms with Crippen molar-refractivity contribution in [2.24, 2.45) is 0 Å². The maximum Gasteiger partial charge on any atom is 0.249 e. The molecule has 2 rings (SSSR count). The topological polar surface area (TPSA) is 51.7 Å². The second-order valence-corrected chi connectivity index (χ2v) is 6.28. The van der Waals surface area contributed by atoms with E-state index >= 15 is 0 Å². The number of carbonyl (C=O) groups excluding carboxylic acids is 1. The predicted molar refractivity (Wildman–Crippen MR) is 95.1 cm³/mol. The van der Waals surface area contributed by atoms with Crippen molar-refractivity contribution in [3.63, 3.8) is 0 Å². The Morgan fingerprint density at radius 1 is 1.46 bits per heavy atom. The summed E-state index contributed by atoms with van der Waals surface area (Å²) in [4.78, 5) is 18.2. The van der Waals surface area contributed by atoms with Crippen LogP contribution in [0.25, 0.3) is 0 Å². The highest BCUT2D eigenvalue weighted by Gasteiger charge is 2.14. The van der Waals surface area contributed by atoms with Gasteiger partial charge in [0.05, 0.1) is 12.2 Å². The molecular weight excluding hydrogens is 324 g/mol. The van der Waals surface area contributed by atoms with Crippen LogP contribution in [0.2, 0.25) is 0 Å². The van der Waals surface area contributed by atoms with E-state index < -0.39 is 0 Å². The van der Waals surface area contributed by atoms with Crippen molar-refractivity contribution in [3.8, 4) is 5.75 Å². The highest BCUT2D eigenvalue weighted by molar-refractivity contribution is 7.09. The number of ether oxygens (including phenoxy) is 2. The van der Waals surface area contributed by atoms with Crippen molar-refractivity contribution in [1.29, 1.82) is 0 Å². The first-order valence-electron chi connectivity index (χ1n) is 7.62. The molecule has 0 spiro atoms. The fourth-order valence-electron chi connectivity index (χ4n) is 2.16. The van der Waals surface area contributed by atoms with E-state index in [4.69, 9.17) is 9.47 Å². The van der Waals surface area contributed by atoms with Gasteiger partial charge in [0, 0.05) is 19.0 Å². The molecule has 0 bridgehead atoms. The SMILES string of the molecule is C=CCN(Cc1csc(COc2cccc(C)c2)n1)C(=O)COC. The molecule has 6 heteroatoms. The van der Waals surface area contributed by atoms with Gasteiger partial charge < -0.3 is 14.4 Å². The third-order valence-corrected chi connectivity index (χ3v) is 4.15. The van der Waals surface area contributed by atoms with Crippen LogP contribution in [0.5, 0.6) is 5.75 Å². The van der Waals surface area contributed by atoms with Gasteiger partial charge in [-0.2, -0.15) is 0 Å². The Labute approximate surface area is 146 Å². The number of aromatic nitrogens is 1. The van der Waals surface area contributed by atoms with Crippen LogP contribution in [0.4, 0.5) is 0 Å². The third kappa shape index (κ3) is 5.47. The number of rotatable bonds is 9. The lowest BCUT2D eigenvalue weighted by Crippen LogP contribution is -2.33. The predicted octanol–water partition coefficient (Wildman–Crippen LogP) is 3.19. The van der Waals surface area contributed by atoms with Crippen molar-refractivity contribution in [2.75, 3.05) is 20.3 Å². The molecule has 0 aliphatic rings. The van der Waals surface area contributed by atoms with Crippen LogP contribution < -0.4 is 4.74 Å². The first-order valence-corrected chi connectivity index (χ1v) is 8.50. The average molecular weight is 346 g/mol. The molecule has 0 aliphatic heterocycles. The number of benzene rings is 1. The van der Waals surface area contributed by atoms with Gasteiger partial charge in [-0.15, -0.1) is 17.9 Å². The maximum atomic E-state index is 12.0. The number of amides is 1. The summed E-state index contributed by atoms with van der Waals surface area (Å²) in [6, 6.07) is 7.91. The van der Waals surface area contributed by atoms with Crippen LogP contribution in [0.15, 0.2) is 42.3 Å². The molecule has 0 unspecified atom stereocenters. The zero-order chi connectivity index (χ0) is 17.4. The number of methoxy groups -OCH3 is 1. The summed E-state index contributed by atoms with van der Waals surface area (Å²) in [5, 5.41) is 2.83. The average Bonchev–Trinajstić information content (AvgIpc) is 3.00. The lowest BCUT2D eigenvalue weighted by atomic mass is 10.2. The Kier molecular flexibility index (Phi) is 6.96. The highest BCUT2D eigenvalue weighted by atomic mass is 32.1. The van der Waals surface area contributed by atoms with Gasteiger partial charge in [0.15, 0.2) is 0 Å². The van der Waals surface area contributed by atoms with E-state index in [1.54, 1.807) is 11.0 Å². The summed E-state index contributed by atoms with van der Waals surface area (Å²) in [6.07, 6.45) is 1.70. The zero-order valence-electron chi connectivity index (χ0n) is 14.0. The minimum Gasteiger partial charge on any atom is -0.486 e. The maximum absolute atomic E-state index is 12.0. The van der Waals surface area contributed by atoms with Gasteiger partial charge in [0.25, 0.3) is 0 Å². The monoisotopic (exact) mass is 346 g/mol. The van der Waals surface area contributed by atoms with E-state index in [9.17, 15) is 4.79 Å². The number of nitrogens with zero attached hydrogens (tertiary/aromatic N) is 2. The molecule has 0 atom stereocenters. The van der Waals surface area contributed by atoms with Crippen LogP contribution >= 0.6 is 11.3 Å². The van der Waals surface area contributed by atoms with E-state index in [2.05, 4.69) is 11.6 Å². The van der Waals surface area contributed by atoms with Crippen LogP contribution in [0, 0.1) is 6.92 Å². The largest absolute Gasteiger partial charge is 0.486 e. The standard InChI is InChI=1S/C18H22N2O3S/c1-4-8-20(18(21)12-22-3)10-15-13-24-17(19-15)11-23-16-7-5-6-14(2)9-16/h4-7,9,13H,1,8,10-12H2,2-3H3.